The number of nitrogens with zero attached hydrogens (tertiary/aromatic N) is 1. The summed E-state index contributed by atoms with van der Waals surface area (Å²) in [4.78, 5) is 4.08. The van der Waals surface area contributed by atoms with Crippen LogP contribution in [0.4, 0.5) is 0 Å². The molecule has 0 fully saturated rings. The number of hydrogen-bond acceptors (Lipinski definition) is 1. The van der Waals surface area contributed by atoms with Crippen LogP contribution in [-0.4, -0.2) is 4.98 Å². The van der Waals surface area contributed by atoms with Crippen molar-refractivity contribution in [2.75, 3.05) is 0 Å². The molecule has 0 saturated heterocycles. The van der Waals surface area contributed by atoms with Crippen LogP contribution in [0.25, 0.3) is 0 Å². The summed E-state index contributed by atoms with van der Waals surface area (Å²) in [5.41, 5.74) is 2.74. The van der Waals surface area contributed by atoms with Crippen LogP contribution in [0, 0.1) is 5.92 Å². The molecule has 1 unspecified atom stereocenters. The number of benzene rings is 1. The highest BCUT2D eigenvalue weighted by molar-refractivity contribution is 5.27. The second-order valence-electron chi connectivity index (χ2n) is 4.60. The summed E-state index contributed by atoms with van der Waals surface area (Å²) < 4.78 is 0. The van der Waals surface area contributed by atoms with Crippen molar-refractivity contribution < 1.29 is 0 Å². The lowest BCUT2D eigenvalue weighted by Gasteiger charge is -2.20. The Labute approximate surface area is 104 Å². The van der Waals surface area contributed by atoms with Crippen molar-refractivity contribution in [3.05, 3.63) is 71.9 Å². The molecule has 1 nitrogen and oxygen atoms in total. The van der Waals surface area contributed by atoms with Crippen LogP contribution in [-0.2, 0) is 6.42 Å². The lowest BCUT2D eigenvalue weighted by Crippen LogP contribution is -2.08. The molecule has 0 saturated carbocycles. The summed E-state index contributed by atoms with van der Waals surface area (Å²) >= 11 is 0. The summed E-state index contributed by atoms with van der Waals surface area (Å²) in [5.74, 6) is 1.93. The Morgan fingerprint density at radius 3 is 2.24 bits per heavy atom. The third-order valence-electron chi connectivity index (χ3n) is 3.09. The van der Waals surface area contributed by atoms with Crippen LogP contribution < -0.4 is 0 Å². The molecule has 2 aromatic rings. The van der Waals surface area contributed by atoms with E-state index >= 15 is 0 Å². The maximum absolute atomic E-state index is 4.08. The van der Waals surface area contributed by atoms with Crippen LogP contribution in [0.5, 0.6) is 0 Å². The summed E-state index contributed by atoms with van der Waals surface area (Å²) in [7, 11) is 0. The Balaban J connectivity index is 2.20. The van der Waals surface area contributed by atoms with Crippen LogP contribution in [0.2, 0.25) is 0 Å². The van der Waals surface area contributed by atoms with Gasteiger partial charge in [-0.3, -0.25) is 4.98 Å². The van der Waals surface area contributed by atoms with E-state index in [-0.39, 0.29) is 0 Å². The van der Waals surface area contributed by atoms with Crippen LogP contribution in [0.1, 0.15) is 30.9 Å². The Kier molecular flexibility index (Phi) is 3.92. The van der Waals surface area contributed by atoms with Crippen molar-refractivity contribution in [1.29, 1.82) is 0 Å². The van der Waals surface area contributed by atoms with Gasteiger partial charge in [0.05, 0.1) is 0 Å². The Morgan fingerprint density at radius 1 is 1.00 bits per heavy atom. The third kappa shape index (κ3) is 3.16. The monoisotopic (exact) mass is 224 g/mol. The van der Waals surface area contributed by atoms with Crippen molar-refractivity contribution in [2.45, 2.75) is 26.2 Å². The SMILES string of the molecule is C[C](C)C(Cc1ccccc1)c1ccncc1. The highest BCUT2D eigenvalue weighted by Crippen LogP contribution is 2.29. The average Bonchev–Trinajstić information content (AvgIpc) is 2.38. The zero-order chi connectivity index (χ0) is 12.1. The Hall–Kier alpha value is -1.63. The molecule has 1 aromatic heterocycles. The molecule has 0 spiro atoms. The predicted molar refractivity (Wildman–Crippen MR) is 71.7 cm³/mol. The summed E-state index contributed by atoms with van der Waals surface area (Å²) in [5, 5.41) is 0. The molecule has 0 aliphatic rings. The van der Waals surface area contributed by atoms with Gasteiger partial charge in [-0.15, -0.1) is 0 Å². The van der Waals surface area contributed by atoms with Gasteiger partial charge in [0.1, 0.15) is 0 Å². The first-order chi connectivity index (χ1) is 8.27. The van der Waals surface area contributed by atoms with Crippen molar-refractivity contribution in [3.8, 4) is 0 Å². The molecule has 1 radical (unpaired) electrons. The van der Waals surface area contributed by atoms with Crippen molar-refractivity contribution in [3.63, 3.8) is 0 Å². The first kappa shape index (κ1) is 11.8. The van der Waals surface area contributed by atoms with Crippen LogP contribution in [0.3, 0.4) is 0 Å². The smallest absolute Gasteiger partial charge is 0.0270 e. The highest BCUT2D eigenvalue weighted by atomic mass is 14.6. The molecular formula is C16H18N. The topological polar surface area (TPSA) is 12.9 Å². The van der Waals surface area contributed by atoms with Gasteiger partial charge < -0.3 is 0 Å². The summed E-state index contributed by atoms with van der Waals surface area (Å²) in [6.45, 7) is 4.40. The second kappa shape index (κ2) is 5.62. The van der Waals surface area contributed by atoms with Gasteiger partial charge in [-0.25, -0.2) is 0 Å². The van der Waals surface area contributed by atoms with Gasteiger partial charge in [-0.1, -0.05) is 44.2 Å². The molecule has 17 heavy (non-hydrogen) atoms. The minimum atomic E-state index is 0.486. The molecule has 1 heterocycles. The molecule has 87 valence electrons. The molecule has 0 N–H and O–H groups in total. The van der Waals surface area contributed by atoms with E-state index < -0.39 is 0 Å². The van der Waals surface area contributed by atoms with Gasteiger partial charge in [0, 0.05) is 12.4 Å². The fourth-order valence-corrected chi connectivity index (χ4v) is 2.10. The first-order valence-electron chi connectivity index (χ1n) is 6.01. The molecule has 1 aromatic carbocycles. The van der Waals surface area contributed by atoms with Gasteiger partial charge in [-0.2, -0.15) is 0 Å². The molecule has 1 heteroatoms. The minimum Gasteiger partial charge on any atom is -0.265 e. The van der Waals surface area contributed by atoms with Gasteiger partial charge in [0.25, 0.3) is 0 Å². The van der Waals surface area contributed by atoms with E-state index in [1.807, 2.05) is 12.4 Å². The molecule has 2 rings (SSSR count). The highest BCUT2D eigenvalue weighted by Gasteiger charge is 2.16. The van der Waals surface area contributed by atoms with Gasteiger partial charge >= 0.3 is 0 Å². The van der Waals surface area contributed by atoms with Crippen LogP contribution >= 0.6 is 0 Å². The fourth-order valence-electron chi connectivity index (χ4n) is 2.10. The maximum Gasteiger partial charge on any atom is 0.0270 e. The Morgan fingerprint density at radius 2 is 1.65 bits per heavy atom. The number of hydrogen-bond donors (Lipinski definition) is 0. The average molecular weight is 224 g/mol. The van der Waals surface area contributed by atoms with E-state index in [1.54, 1.807) is 0 Å². The van der Waals surface area contributed by atoms with E-state index in [2.05, 4.69) is 61.3 Å². The molecular weight excluding hydrogens is 206 g/mol. The van der Waals surface area contributed by atoms with Crippen molar-refractivity contribution in [2.24, 2.45) is 0 Å². The van der Waals surface area contributed by atoms with Gasteiger partial charge in [0.2, 0.25) is 0 Å². The standard InChI is InChI=1S/C16H18N/c1-13(2)16(15-8-10-17-11-9-15)12-14-6-4-3-5-7-14/h3-11,16H,12H2,1-2H3. The van der Waals surface area contributed by atoms with E-state index in [0.29, 0.717) is 5.92 Å². The van der Waals surface area contributed by atoms with Gasteiger partial charge in [0.15, 0.2) is 0 Å². The molecule has 0 amide bonds. The van der Waals surface area contributed by atoms with Crippen LogP contribution in [0.15, 0.2) is 54.9 Å². The minimum absolute atomic E-state index is 0.486. The largest absolute Gasteiger partial charge is 0.265 e. The second-order valence-corrected chi connectivity index (χ2v) is 4.60. The number of aromatic nitrogens is 1. The summed E-state index contributed by atoms with van der Waals surface area (Å²) in [6, 6.07) is 14.9. The van der Waals surface area contributed by atoms with E-state index in [4.69, 9.17) is 0 Å². The van der Waals surface area contributed by atoms with Gasteiger partial charge in [-0.05, 0) is 41.5 Å². The molecule has 0 aliphatic heterocycles. The molecule has 1 atom stereocenters. The summed E-state index contributed by atoms with van der Waals surface area (Å²) in [6.07, 6.45) is 4.81. The van der Waals surface area contributed by atoms with E-state index in [9.17, 15) is 0 Å². The van der Waals surface area contributed by atoms with E-state index in [1.165, 1.54) is 17.0 Å². The number of rotatable bonds is 4. The molecule has 0 aliphatic carbocycles. The fraction of sp³-hybridized carbons (Fsp3) is 0.250. The lowest BCUT2D eigenvalue weighted by atomic mass is 9.84. The zero-order valence-corrected chi connectivity index (χ0v) is 10.4. The molecule has 0 bridgehead atoms. The number of pyridine rings is 1. The first-order valence-corrected chi connectivity index (χ1v) is 6.01. The van der Waals surface area contributed by atoms with Crippen molar-refractivity contribution >= 4 is 0 Å². The Bertz CT molecular complexity index is 434. The third-order valence-corrected chi connectivity index (χ3v) is 3.09. The normalized spacial score (nSPS) is 12.6. The van der Waals surface area contributed by atoms with Crippen molar-refractivity contribution in [1.82, 2.24) is 4.98 Å². The lowest BCUT2D eigenvalue weighted by molar-refractivity contribution is 0.697. The quantitative estimate of drug-likeness (QED) is 0.764. The zero-order valence-electron chi connectivity index (χ0n) is 10.4. The maximum atomic E-state index is 4.08. The van der Waals surface area contributed by atoms with E-state index in [0.717, 1.165) is 6.42 Å². The predicted octanol–water partition coefficient (Wildman–Crippen LogP) is 4.02.